The van der Waals surface area contributed by atoms with Gasteiger partial charge in [-0.25, -0.2) is 4.79 Å². The Balaban J connectivity index is 1.39. The average molecular weight is 443 g/mol. The largest absolute Gasteiger partial charge is 0.507 e. The molecule has 5 heteroatoms. The van der Waals surface area contributed by atoms with Crippen LogP contribution in [0.3, 0.4) is 0 Å². The Bertz CT molecular complexity index is 1170. The first-order chi connectivity index (χ1) is 15.6. The third kappa shape index (κ3) is 3.84. The van der Waals surface area contributed by atoms with E-state index in [-0.39, 0.29) is 29.5 Å². The monoisotopic (exact) mass is 442 g/mol. The van der Waals surface area contributed by atoms with Crippen LogP contribution in [0.2, 0.25) is 0 Å². The maximum absolute atomic E-state index is 13.2. The van der Waals surface area contributed by atoms with E-state index >= 15 is 0 Å². The van der Waals surface area contributed by atoms with E-state index in [0.29, 0.717) is 12.8 Å². The fourth-order valence-corrected chi connectivity index (χ4v) is 5.61. The zero-order valence-corrected chi connectivity index (χ0v) is 18.2. The zero-order valence-electron chi connectivity index (χ0n) is 17.4. The van der Waals surface area contributed by atoms with Crippen molar-refractivity contribution in [1.82, 2.24) is 0 Å². The molecule has 0 amide bonds. The minimum Gasteiger partial charge on any atom is -0.507 e. The molecule has 1 N–H and O–H groups in total. The molecule has 2 aliphatic rings. The third-order valence-corrected chi connectivity index (χ3v) is 7.21. The molecular formula is C27H22O4S. The minimum absolute atomic E-state index is 0.106. The Morgan fingerprint density at radius 3 is 2.12 bits per heavy atom. The Hall–Kier alpha value is -3.31. The summed E-state index contributed by atoms with van der Waals surface area (Å²) in [6.45, 7) is 0. The van der Waals surface area contributed by atoms with Gasteiger partial charge in [0.05, 0.1) is 0 Å². The van der Waals surface area contributed by atoms with Gasteiger partial charge in [-0.2, -0.15) is 0 Å². The number of carbonyl (C=O) groups excluding carboxylic acids is 2. The topological polar surface area (TPSA) is 63.6 Å². The van der Waals surface area contributed by atoms with Gasteiger partial charge in [0.2, 0.25) is 0 Å². The van der Waals surface area contributed by atoms with Gasteiger partial charge in [0.1, 0.15) is 5.57 Å². The lowest BCUT2D eigenvalue weighted by Crippen LogP contribution is -2.17. The summed E-state index contributed by atoms with van der Waals surface area (Å²) >= 11 is 1.69. The Morgan fingerprint density at radius 1 is 0.875 bits per heavy atom. The van der Waals surface area contributed by atoms with Gasteiger partial charge in [-0.15, -0.1) is 0 Å². The number of hydrogen-bond acceptors (Lipinski definition) is 5. The number of rotatable bonds is 6. The van der Waals surface area contributed by atoms with Gasteiger partial charge in [-0.05, 0) is 41.7 Å². The number of ketones is 1. The highest BCUT2D eigenvalue weighted by Gasteiger charge is 2.39. The normalized spacial score (nSPS) is 17.6. The van der Waals surface area contributed by atoms with Crippen molar-refractivity contribution < 1.29 is 19.4 Å². The number of aryl methyl sites for hydroxylation is 1. The number of cyclic esters (lactones) is 1. The highest BCUT2D eigenvalue weighted by Crippen LogP contribution is 2.47. The molecule has 0 radical (unpaired) electrons. The molecule has 3 aromatic carbocycles. The Labute approximate surface area is 190 Å². The van der Waals surface area contributed by atoms with Crippen LogP contribution in [0.5, 0.6) is 0 Å². The molecule has 1 unspecified atom stereocenters. The fourth-order valence-electron chi connectivity index (χ4n) is 4.42. The second-order valence-corrected chi connectivity index (χ2v) is 9.12. The molecule has 1 atom stereocenters. The minimum atomic E-state index is -0.775. The number of Topliss-reactive ketones (excluding diaryl/α,β-unsaturated/α-hetero) is 1. The summed E-state index contributed by atoms with van der Waals surface area (Å²) in [7, 11) is 0. The number of aliphatic hydroxyl groups is 1. The number of aliphatic hydroxyl groups excluding tert-OH is 1. The molecule has 32 heavy (non-hydrogen) atoms. The van der Waals surface area contributed by atoms with Crippen molar-refractivity contribution in [3.8, 4) is 0 Å². The zero-order chi connectivity index (χ0) is 22.1. The smallest absolute Gasteiger partial charge is 0.346 e. The number of hydrogen-bond donors (Lipinski definition) is 1. The van der Waals surface area contributed by atoms with Gasteiger partial charge < -0.3 is 9.84 Å². The first kappa shape index (κ1) is 20.6. The van der Waals surface area contributed by atoms with Crippen molar-refractivity contribution in [2.75, 3.05) is 0 Å². The number of ether oxygens (including phenoxy) is 1. The molecule has 0 spiro atoms. The number of carbonyl (C=O) groups is 2. The van der Waals surface area contributed by atoms with Crippen molar-refractivity contribution >= 4 is 23.5 Å². The van der Waals surface area contributed by atoms with Gasteiger partial charge >= 0.3 is 5.97 Å². The molecule has 2 aliphatic heterocycles. The summed E-state index contributed by atoms with van der Waals surface area (Å²) in [5, 5.41) is 10.7. The van der Waals surface area contributed by atoms with E-state index < -0.39 is 12.1 Å². The third-order valence-electron chi connectivity index (χ3n) is 6.03. The summed E-state index contributed by atoms with van der Waals surface area (Å²) in [5.41, 5.74) is 3.02. The predicted molar refractivity (Wildman–Crippen MR) is 123 cm³/mol. The maximum Gasteiger partial charge on any atom is 0.346 e. The summed E-state index contributed by atoms with van der Waals surface area (Å²) < 4.78 is 5.37. The summed E-state index contributed by atoms with van der Waals surface area (Å²) in [6, 6.07) is 25.8. The summed E-state index contributed by atoms with van der Waals surface area (Å²) in [6.07, 6.45) is 0.409. The van der Waals surface area contributed by atoms with E-state index in [1.165, 1.54) is 0 Å². The lowest BCUT2D eigenvalue weighted by Gasteiger charge is -2.27. The SMILES string of the molecule is O=C(CC1c2ccccc2Sc2ccccc21)C1=C(O)C(CCc2ccccc2)OC1=O. The van der Waals surface area contributed by atoms with E-state index in [4.69, 9.17) is 4.74 Å². The Kier molecular flexibility index (Phi) is 5.58. The van der Waals surface area contributed by atoms with Crippen LogP contribution in [0.15, 0.2) is 100.0 Å². The molecule has 0 fully saturated rings. The molecular weight excluding hydrogens is 420 g/mol. The van der Waals surface area contributed by atoms with Crippen LogP contribution in [0, 0.1) is 0 Å². The van der Waals surface area contributed by atoms with E-state index in [9.17, 15) is 14.7 Å². The van der Waals surface area contributed by atoms with Gasteiger partial charge in [0.15, 0.2) is 17.6 Å². The van der Waals surface area contributed by atoms with Crippen LogP contribution in [0.25, 0.3) is 0 Å². The molecule has 2 heterocycles. The van der Waals surface area contributed by atoms with E-state index in [2.05, 4.69) is 0 Å². The van der Waals surface area contributed by atoms with Crippen molar-refractivity contribution in [3.63, 3.8) is 0 Å². The number of benzene rings is 3. The molecule has 5 rings (SSSR count). The lowest BCUT2D eigenvalue weighted by atomic mass is 9.85. The van der Waals surface area contributed by atoms with Gasteiger partial charge in [0.25, 0.3) is 0 Å². The van der Waals surface area contributed by atoms with Crippen LogP contribution in [0.1, 0.15) is 35.4 Å². The highest BCUT2D eigenvalue weighted by molar-refractivity contribution is 7.99. The van der Waals surface area contributed by atoms with Crippen molar-refractivity contribution in [3.05, 3.63) is 107 Å². The van der Waals surface area contributed by atoms with Gasteiger partial charge in [0, 0.05) is 22.1 Å². The second-order valence-electron chi connectivity index (χ2n) is 8.04. The summed E-state index contributed by atoms with van der Waals surface area (Å²) in [5.74, 6) is -1.51. The van der Waals surface area contributed by atoms with Crippen LogP contribution in [-0.2, 0) is 20.7 Å². The van der Waals surface area contributed by atoms with E-state index in [1.54, 1.807) is 11.8 Å². The van der Waals surface area contributed by atoms with Crippen molar-refractivity contribution in [2.24, 2.45) is 0 Å². The molecule has 0 saturated carbocycles. The maximum atomic E-state index is 13.2. The van der Waals surface area contributed by atoms with Crippen molar-refractivity contribution in [1.29, 1.82) is 0 Å². The lowest BCUT2D eigenvalue weighted by molar-refractivity contribution is -0.141. The molecule has 0 saturated heterocycles. The van der Waals surface area contributed by atoms with E-state index in [1.807, 2.05) is 78.9 Å². The number of esters is 1. The quantitative estimate of drug-likeness (QED) is 0.397. The first-order valence-corrected chi connectivity index (χ1v) is 11.5. The predicted octanol–water partition coefficient (Wildman–Crippen LogP) is 5.61. The van der Waals surface area contributed by atoms with Gasteiger partial charge in [-0.1, -0.05) is 78.5 Å². The molecule has 0 aromatic heterocycles. The van der Waals surface area contributed by atoms with E-state index in [0.717, 1.165) is 26.5 Å². The van der Waals surface area contributed by atoms with Crippen molar-refractivity contribution in [2.45, 2.75) is 41.1 Å². The first-order valence-electron chi connectivity index (χ1n) is 10.7. The van der Waals surface area contributed by atoms with Crippen LogP contribution < -0.4 is 0 Å². The molecule has 3 aromatic rings. The molecule has 4 nitrogen and oxygen atoms in total. The van der Waals surface area contributed by atoms with Crippen LogP contribution in [0.4, 0.5) is 0 Å². The standard InChI is InChI=1S/C27H22O4S/c28-21(25-26(29)22(31-27(25)30)15-14-17-8-2-1-3-9-17)16-20-18-10-4-6-12-23(18)32-24-13-7-5-11-19(20)24/h1-13,20,22,29H,14-16H2. The number of fused-ring (bicyclic) bond motifs is 2. The fraction of sp³-hybridized carbons (Fsp3) is 0.185. The molecule has 0 bridgehead atoms. The Morgan fingerprint density at radius 2 is 1.47 bits per heavy atom. The van der Waals surface area contributed by atoms with Gasteiger partial charge in [-0.3, -0.25) is 4.79 Å². The molecule has 0 aliphatic carbocycles. The average Bonchev–Trinajstić information content (AvgIpc) is 3.11. The summed E-state index contributed by atoms with van der Waals surface area (Å²) in [4.78, 5) is 28.0. The highest BCUT2D eigenvalue weighted by atomic mass is 32.2. The van der Waals surface area contributed by atoms with Crippen LogP contribution in [-0.4, -0.2) is 23.0 Å². The van der Waals surface area contributed by atoms with Crippen LogP contribution >= 0.6 is 11.8 Å². The molecule has 160 valence electrons. The second kappa shape index (κ2) is 8.67.